The number of amides is 1. The molecule has 0 fully saturated rings. The number of aryl methyl sites for hydroxylation is 2. The first-order valence-electron chi connectivity index (χ1n) is 10.1. The first kappa shape index (κ1) is 18.5. The van der Waals surface area contributed by atoms with Gasteiger partial charge >= 0.3 is 5.97 Å². The van der Waals surface area contributed by atoms with E-state index in [1.54, 1.807) is 12.1 Å². The largest absolute Gasteiger partial charge is 0.454 e. The minimum Gasteiger partial charge on any atom is -0.454 e. The Balaban J connectivity index is 1.18. The van der Waals surface area contributed by atoms with Crippen LogP contribution in [0.4, 0.5) is 0 Å². The monoisotopic (exact) mass is 406 g/mol. The third kappa shape index (κ3) is 3.58. The summed E-state index contributed by atoms with van der Waals surface area (Å²) in [7, 11) is 0. The summed E-state index contributed by atoms with van der Waals surface area (Å²) < 4.78 is 15.8. The number of aromatic nitrogens is 1. The molecule has 0 atom stereocenters. The van der Waals surface area contributed by atoms with E-state index in [1.165, 1.54) is 17.7 Å². The number of carbonyl (C=O) groups is 2. The van der Waals surface area contributed by atoms with Gasteiger partial charge in [-0.25, -0.2) is 4.79 Å². The minimum absolute atomic E-state index is 0.207. The van der Waals surface area contributed by atoms with Gasteiger partial charge in [0.2, 0.25) is 6.79 Å². The van der Waals surface area contributed by atoms with Crippen LogP contribution in [-0.4, -0.2) is 30.3 Å². The number of hydrogen-bond acceptors (Lipinski definition) is 5. The summed E-state index contributed by atoms with van der Waals surface area (Å²) in [6.45, 7) is 0.194. The summed E-state index contributed by atoms with van der Waals surface area (Å²) in [5, 5.41) is 3.82. The lowest BCUT2D eigenvalue weighted by atomic mass is 9.95. The van der Waals surface area contributed by atoms with E-state index in [-0.39, 0.29) is 19.3 Å². The van der Waals surface area contributed by atoms with E-state index in [4.69, 9.17) is 14.2 Å². The fraction of sp³-hybridized carbons (Fsp3) is 0.304. The number of nitrogens with one attached hydrogen (secondary N) is 2. The van der Waals surface area contributed by atoms with Crippen molar-refractivity contribution in [2.75, 3.05) is 13.4 Å². The molecule has 7 nitrogen and oxygen atoms in total. The highest BCUT2D eigenvalue weighted by atomic mass is 16.7. The first-order chi connectivity index (χ1) is 14.7. The number of aromatic amines is 1. The molecule has 1 aromatic heterocycles. The molecular formula is C23H22N2O5. The first-order valence-corrected chi connectivity index (χ1v) is 10.1. The summed E-state index contributed by atoms with van der Waals surface area (Å²) in [6, 6.07) is 11.0. The van der Waals surface area contributed by atoms with Crippen LogP contribution in [0.1, 0.15) is 40.0 Å². The second kappa shape index (κ2) is 7.74. The number of ether oxygens (including phenoxy) is 3. The molecule has 1 aliphatic heterocycles. The molecule has 30 heavy (non-hydrogen) atoms. The molecule has 2 aromatic carbocycles. The average molecular weight is 406 g/mol. The van der Waals surface area contributed by atoms with Gasteiger partial charge in [0, 0.05) is 23.1 Å². The molecule has 1 aliphatic carbocycles. The zero-order chi connectivity index (χ0) is 20.5. The summed E-state index contributed by atoms with van der Waals surface area (Å²) >= 11 is 0. The Morgan fingerprint density at radius 1 is 1.03 bits per heavy atom. The second-order valence-corrected chi connectivity index (χ2v) is 7.59. The van der Waals surface area contributed by atoms with Crippen LogP contribution in [-0.2, 0) is 28.9 Å². The maximum absolute atomic E-state index is 12.4. The van der Waals surface area contributed by atoms with Crippen LogP contribution in [0.25, 0.3) is 10.9 Å². The molecule has 2 N–H and O–H groups in total. The van der Waals surface area contributed by atoms with Crippen LogP contribution in [0.3, 0.4) is 0 Å². The van der Waals surface area contributed by atoms with Gasteiger partial charge in [-0.05, 0) is 67.1 Å². The Bertz CT molecular complexity index is 1130. The molecule has 0 bridgehead atoms. The van der Waals surface area contributed by atoms with Gasteiger partial charge in [-0.3, -0.25) is 4.79 Å². The van der Waals surface area contributed by atoms with Gasteiger partial charge in [0.25, 0.3) is 5.91 Å². The molecule has 0 saturated carbocycles. The third-order valence-electron chi connectivity index (χ3n) is 5.59. The molecule has 5 rings (SSSR count). The van der Waals surface area contributed by atoms with E-state index in [2.05, 4.69) is 10.3 Å². The van der Waals surface area contributed by atoms with Gasteiger partial charge in [-0.1, -0.05) is 6.07 Å². The van der Waals surface area contributed by atoms with Crippen molar-refractivity contribution in [2.45, 2.75) is 32.2 Å². The Morgan fingerprint density at radius 3 is 2.83 bits per heavy atom. The van der Waals surface area contributed by atoms with Crippen LogP contribution in [0.15, 0.2) is 36.4 Å². The molecule has 0 radical (unpaired) electrons. The van der Waals surface area contributed by atoms with Gasteiger partial charge in [0.1, 0.15) is 0 Å². The lowest BCUT2D eigenvalue weighted by molar-refractivity contribution is -0.124. The SMILES string of the molecule is O=C(COC(=O)c1ccc2[nH]c3c(c2c1)CCCC3)NCc1ccc2c(c1)OCO2. The molecule has 2 aliphatic rings. The van der Waals surface area contributed by atoms with Gasteiger partial charge in [-0.2, -0.15) is 0 Å². The second-order valence-electron chi connectivity index (χ2n) is 7.59. The van der Waals surface area contributed by atoms with Gasteiger partial charge < -0.3 is 24.5 Å². The van der Waals surface area contributed by atoms with Gasteiger partial charge in [-0.15, -0.1) is 0 Å². The van der Waals surface area contributed by atoms with Crippen molar-refractivity contribution in [1.29, 1.82) is 0 Å². The van der Waals surface area contributed by atoms with Crippen LogP contribution in [0, 0.1) is 0 Å². The Hall–Kier alpha value is -3.48. The number of hydrogen-bond donors (Lipinski definition) is 2. The fourth-order valence-corrected chi connectivity index (χ4v) is 4.05. The number of carbonyl (C=O) groups excluding carboxylic acids is 2. The zero-order valence-electron chi connectivity index (χ0n) is 16.5. The highest BCUT2D eigenvalue weighted by Gasteiger charge is 2.18. The average Bonchev–Trinajstić information content (AvgIpc) is 3.39. The van der Waals surface area contributed by atoms with Crippen molar-refractivity contribution in [3.63, 3.8) is 0 Å². The summed E-state index contributed by atoms with van der Waals surface area (Å²) in [6.07, 6.45) is 4.43. The predicted octanol–water partition coefficient (Wildman–Crippen LogP) is 3.25. The summed E-state index contributed by atoms with van der Waals surface area (Å²) in [5.74, 6) is 0.497. The van der Waals surface area contributed by atoms with E-state index in [0.29, 0.717) is 23.6 Å². The molecule has 154 valence electrons. The Labute approximate surface area is 173 Å². The molecule has 7 heteroatoms. The number of benzene rings is 2. The lowest BCUT2D eigenvalue weighted by Crippen LogP contribution is -2.28. The van der Waals surface area contributed by atoms with Crippen molar-refractivity contribution < 1.29 is 23.8 Å². The minimum atomic E-state index is -0.499. The van der Waals surface area contributed by atoms with Crippen LogP contribution in [0.2, 0.25) is 0 Å². The summed E-state index contributed by atoms with van der Waals surface area (Å²) in [5.41, 5.74) is 4.94. The van der Waals surface area contributed by atoms with Crippen molar-refractivity contribution in [3.05, 3.63) is 58.8 Å². The van der Waals surface area contributed by atoms with Crippen molar-refractivity contribution in [2.24, 2.45) is 0 Å². The van der Waals surface area contributed by atoms with Gasteiger partial charge in [0.05, 0.1) is 5.56 Å². The Morgan fingerprint density at radius 2 is 1.90 bits per heavy atom. The number of H-pyrrole nitrogens is 1. The maximum Gasteiger partial charge on any atom is 0.338 e. The smallest absolute Gasteiger partial charge is 0.338 e. The molecule has 3 aromatic rings. The summed E-state index contributed by atoms with van der Waals surface area (Å²) in [4.78, 5) is 28.0. The van der Waals surface area contributed by atoms with Crippen LogP contribution < -0.4 is 14.8 Å². The van der Waals surface area contributed by atoms with Crippen LogP contribution >= 0.6 is 0 Å². The Kier molecular flexibility index (Phi) is 4.78. The lowest BCUT2D eigenvalue weighted by Gasteiger charge is -2.10. The number of rotatable bonds is 5. The molecular weight excluding hydrogens is 384 g/mol. The molecule has 0 saturated heterocycles. The van der Waals surface area contributed by atoms with Crippen molar-refractivity contribution >= 4 is 22.8 Å². The molecule has 0 spiro atoms. The predicted molar refractivity (Wildman–Crippen MR) is 110 cm³/mol. The molecule has 0 unspecified atom stereocenters. The van der Waals surface area contributed by atoms with E-state index in [0.717, 1.165) is 35.7 Å². The zero-order valence-corrected chi connectivity index (χ0v) is 16.5. The van der Waals surface area contributed by atoms with Gasteiger partial charge in [0.15, 0.2) is 18.1 Å². The van der Waals surface area contributed by atoms with E-state index in [9.17, 15) is 9.59 Å². The van der Waals surface area contributed by atoms with Crippen LogP contribution in [0.5, 0.6) is 11.5 Å². The highest BCUT2D eigenvalue weighted by Crippen LogP contribution is 2.32. The third-order valence-corrected chi connectivity index (χ3v) is 5.59. The highest BCUT2D eigenvalue weighted by molar-refractivity contribution is 5.97. The standard InChI is InChI=1S/C23H22N2O5/c26-22(24-11-14-5-8-20-21(9-14)30-13-29-20)12-28-23(27)15-6-7-19-17(10-15)16-3-1-2-4-18(16)25-19/h5-10,25H,1-4,11-13H2,(H,24,26). The number of esters is 1. The van der Waals surface area contributed by atoms with Crippen molar-refractivity contribution in [3.8, 4) is 11.5 Å². The topological polar surface area (TPSA) is 89.7 Å². The van der Waals surface area contributed by atoms with Crippen molar-refractivity contribution in [1.82, 2.24) is 10.3 Å². The molecule has 1 amide bonds. The van der Waals surface area contributed by atoms with E-state index in [1.807, 2.05) is 24.3 Å². The number of fused-ring (bicyclic) bond motifs is 4. The molecule has 2 heterocycles. The normalized spacial score (nSPS) is 14.4. The fourth-order valence-electron chi connectivity index (χ4n) is 4.05. The maximum atomic E-state index is 12.4. The quantitative estimate of drug-likeness (QED) is 0.635. The van der Waals surface area contributed by atoms with E-state index >= 15 is 0 Å². The van der Waals surface area contributed by atoms with E-state index < -0.39 is 5.97 Å².